The number of fused-ring (bicyclic) bond motifs is 7. The highest BCUT2D eigenvalue weighted by molar-refractivity contribution is 5.87. The van der Waals surface area contributed by atoms with Crippen LogP contribution in [0.4, 0.5) is 0 Å². The molecule has 0 radical (unpaired) electrons. The van der Waals surface area contributed by atoms with Crippen molar-refractivity contribution >= 4 is 30.0 Å². The lowest BCUT2D eigenvalue weighted by molar-refractivity contribution is -0.399. The summed E-state index contributed by atoms with van der Waals surface area (Å²) in [6, 6.07) is 9.17. The summed E-state index contributed by atoms with van der Waals surface area (Å²) in [7, 11) is 0. The van der Waals surface area contributed by atoms with Crippen molar-refractivity contribution in [2.24, 2.45) is 50.2 Å². The normalized spacial score (nSPS) is 47.3. The Labute approximate surface area is 533 Å². The Kier molecular flexibility index (Phi) is 20.5. The SMILES string of the molecule is CC(=O)O[C@@H]1C[C@]2(C)C(=CCC3[C@@]4(C)CC[C@H](O[C@@H]5O[C@H](C(=O)O)[C@@H](O)[C@H](O[C@@H]6OC[C@H](O)[C@H](O)[C@H]6O[C@@H]6OC[C@@H](O)[C@H](O)[C@H]6O)[C@H]5O[C@@H]5O[C@H](CO)[C@H](O)[C@H](O)[C@H]5O)C(C)(C)[C@@H]4CC[C@]32C)[C@@H]2CC(C)(C)[C@@H](OC(=O)/C=C/c3ccccc3)[C@H](OC(C)=O)[C@]12CO. The molecule has 12 N–H and O–H groups in total. The van der Waals surface area contributed by atoms with Gasteiger partial charge < -0.3 is 113 Å². The minimum Gasteiger partial charge on any atom is -0.479 e. The third kappa shape index (κ3) is 12.3. The Morgan fingerprint density at radius 1 is 0.609 bits per heavy atom. The molecule has 4 saturated carbocycles. The summed E-state index contributed by atoms with van der Waals surface area (Å²) < 4.78 is 67.8. The molecule has 92 heavy (non-hydrogen) atoms. The van der Waals surface area contributed by atoms with Crippen molar-refractivity contribution in [3.05, 3.63) is 53.6 Å². The Morgan fingerprint density at radius 3 is 1.88 bits per heavy atom. The van der Waals surface area contributed by atoms with Crippen LogP contribution in [0.1, 0.15) is 113 Å². The van der Waals surface area contributed by atoms with Crippen molar-refractivity contribution in [2.45, 2.75) is 242 Å². The molecule has 8 fully saturated rings. The van der Waals surface area contributed by atoms with Gasteiger partial charge in [-0.25, -0.2) is 9.59 Å². The maximum atomic E-state index is 13.8. The van der Waals surface area contributed by atoms with Crippen LogP contribution >= 0.6 is 0 Å². The molecule has 1 aromatic rings. The van der Waals surface area contributed by atoms with Crippen LogP contribution in [-0.2, 0) is 71.3 Å². The van der Waals surface area contributed by atoms with E-state index >= 15 is 0 Å². The van der Waals surface area contributed by atoms with Gasteiger partial charge in [-0.2, -0.15) is 0 Å². The zero-order valence-corrected chi connectivity index (χ0v) is 53.3. The number of carboxylic acids is 1. The number of carbonyl (C=O) groups is 4. The van der Waals surface area contributed by atoms with Crippen LogP contribution in [-0.4, -0.2) is 247 Å². The second-order valence-electron chi connectivity index (χ2n) is 29.0. The fourth-order valence-corrected chi connectivity index (χ4v) is 18.0. The maximum Gasteiger partial charge on any atom is 0.335 e. The molecule has 1 aromatic carbocycles. The van der Waals surface area contributed by atoms with Crippen molar-refractivity contribution in [3.63, 3.8) is 0 Å². The number of carbonyl (C=O) groups excluding carboxylic acids is 3. The lowest BCUT2D eigenvalue weighted by Gasteiger charge is -2.72. The largest absolute Gasteiger partial charge is 0.479 e. The number of aliphatic hydroxyl groups is 11. The smallest absolute Gasteiger partial charge is 0.335 e. The highest BCUT2D eigenvalue weighted by Gasteiger charge is 2.75. The minimum atomic E-state index is -2.23. The molecule has 516 valence electrons. The average Bonchev–Trinajstić information content (AvgIpc) is 0.668. The Bertz CT molecular complexity index is 2870. The summed E-state index contributed by atoms with van der Waals surface area (Å²) in [6.45, 7) is 14.6. The number of hydrogen-bond donors (Lipinski definition) is 12. The van der Waals surface area contributed by atoms with E-state index in [1.807, 2.05) is 58.0 Å². The number of hydrogen-bond acceptors (Lipinski definition) is 26. The molecular weight excluding hydrogens is 1210 g/mol. The van der Waals surface area contributed by atoms with Crippen LogP contribution in [0, 0.1) is 50.2 Å². The van der Waals surface area contributed by atoms with E-state index in [0.717, 1.165) is 11.1 Å². The highest BCUT2D eigenvalue weighted by Crippen LogP contribution is 2.76. The van der Waals surface area contributed by atoms with Crippen LogP contribution in [0.15, 0.2) is 48.1 Å². The Hall–Kier alpha value is -4.18. The van der Waals surface area contributed by atoms with Gasteiger partial charge in [0.05, 0.1) is 37.9 Å². The molecule has 27 nitrogen and oxygen atoms in total. The van der Waals surface area contributed by atoms with E-state index in [4.69, 9.17) is 52.1 Å². The van der Waals surface area contributed by atoms with Gasteiger partial charge in [0.1, 0.15) is 91.6 Å². The summed E-state index contributed by atoms with van der Waals surface area (Å²) >= 11 is 0. The maximum absolute atomic E-state index is 13.8. The molecule has 4 aliphatic heterocycles. The first-order valence-electron chi connectivity index (χ1n) is 31.9. The number of carboxylic acid groups (broad SMARTS) is 1. The fourth-order valence-electron chi connectivity index (χ4n) is 18.0. The lowest BCUT2D eigenvalue weighted by Crippen LogP contribution is -2.73. The second-order valence-corrected chi connectivity index (χ2v) is 29.0. The van der Waals surface area contributed by atoms with Gasteiger partial charge in [0.15, 0.2) is 37.4 Å². The van der Waals surface area contributed by atoms with Gasteiger partial charge in [0.2, 0.25) is 0 Å². The summed E-state index contributed by atoms with van der Waals surface area (Å²) in [6.07, 6.45) is -29.7. The number of allylic oxidation sites excluding steroid dienone is 2. The van der Waals surface area contributed by atoms with Crippen molar-refractivity contribution < 1.29 is 133 Å². The molecule has 9 aliphatic rings. The lowest BCUT2D eigenvalue weighted by atomic mass is 9.33. The van der Waals surface area contributed by atoms with Crippen molar-refractivity contribution in [1.82, 2.24) is 0 Å². The van der Waals surface area contributed by atoms with Gasteiger partial charge in [0, 0.05) is 25.3 Å². The van der Waals surface area contributed by atoms with Crippen LogP contribution in [0.25, 0.3) is 6.08 Å². The first-order valence-corrected chi connectivity index (χ1v) is 31.9. The van der Waals surface area contributed by atoms with Gasteiger partial charge in [-0.3, -0.25) is 9.59 Å². The monoisotopic (exact) mass is 1310 g/mol. The molecule has 4 saturated heterocycles. The zero-order chi connectivity index (χ0) is 67.1. The van der Waals surface area contributed by atoms with Crippen molar-refractivity contribution in [1.29, 1.82) is 0 Å². The topological polar surface area (TPSA) is 413 Å². The zero-order valence-electron chi connectivity index (χ0n) is 53.3. The quantitative estimate of drug-likeness (QED) is 0.0344. The summed E-state index contributed by atoms with van der Waals surface area (Å²) in [5, 5.41) is 132. The van der Waals surface area contributed by atoms with E-state index in [1.54, 1.807) is 6.08 Å². The van der Waals surface area contributed by atoms with Gasteiger partial charge >= 0.3 is 23.9 Å². The van der Waals surface area contributed by atoms with Crippen LogP contribution in [0.3, 0.4) is 0 Å². The van der Waals surface area contributed by atoms with Crippen molar-refractivity contribution in [2.75, 3.05) is 26.4 Å². The Morgan fingerprint density at radius 2 is 1.24 bits per heavy atom. The molecule has 0 aromatic heterocycles. The molecule has 1 unspecified atom stereocenters. The number of esters is 3. The number of aliphatic carboxylic acids is 1. The van der Waals surface area contributed by atoms with E-state index in [1.165, 1.54) is 19.9 Å². The first-order chi connectivity index (χ1) is 43.2. The third-order valence-corrected chi connectivity index (χ3v) is 23.0. The van der Waals surface area contributed by atoms with E-state index in [9.17, 15) is 80.5 Å². The fraction of sp³-hybridized carbons (Fsp3) is 0.785. The van der Waals surface area contributed by atoms with E-state index in [-0.39, 0.29) is 18.3 Å². The first kappa shape index (κ1) is 70.6. The van der Waals surface area contributed by atoms with Gasteiger partial charge in [-0.1, -0.05) is 90.4 Å². The van der Waals surface area contributed by atoms with Gasteiger partial charge in [0.25, 0.3) is 0 Å². The predicted molar refractivity (Wildman–Crippen MR) is 314 cm³/mol. The Balaban J connectivity index is 0.970. The molecule has 0 spiro atoms. The highest BCUT2D eigenvalue weighted by atomic mass is 16.8. The van der Waals surface area contributed by atoms with E-state index in [0.29, 0.717) is 38.5 Å². The molecule has 29 atom stereocenters. The average molecular weight is 1310 g/mol. The van der Waals surface area contributed by atoms with Crippen LogP contribution in [0.5, 0.6) is 0 Å². The molecule has 27 heteroatoms. The molecule has 0 amide bonds. The van der Waals surface area contributed by atoms with Gasteiger partial charge in [-0.05, 0) is 96.0 Å². The van der Waals surface area contributed by atoms with Crippen molar-refractivity contribution in [3.8, 4) is 0 Å². The van der Waals surface area contributed by atoms with Crippen LogP contribution in [0.2, 0.25) is 0 Å². The standard InChI is InChI=1S/C65H94O27/c1-29(68)84-40-24-64(9)32(33-23-60(3,4)53(54(85-30(2)69)65(33,40)28-67)88-41(72)18-15-31-13-11-10-12-14-31)16-17-38-62(7)21-20-39(61(5,6)37(62)19-22-63(38,64)8)87-59-52(92-57-47(78)45(76)44(75)36(25-66)86-57)49(48(79)50(90-59)55(80)81)89-58-51(43(74)35(71)27-83-58)91-56-46(77)42(73)34(70)26-82-56/h10-16,18,33-40,42-54,56-59,66-67,70-71,73-79H,17,19-28H2,1-9H3,(H,80,81)/b18-15+/t33-,34+,35-,36+,37-,38?,39-,40+,42-,43-,44-,45-,46+,47+,48-,49-,50-,51+,52+,53-,54-,56-,57-,58-,59+,62-,63+,64+,65-/m0/s1. The summed E-state index contributed by atoms with van der Waals surface area (Å²) in [4.78, 5) is 53.9. The molecular formula is C65H94O27. The number of rotatable bonds is 16. The number of ether oxygens (including phenoxy) is 11. The predicted octanol–water partition coefficient (Wildman–Crippen LogP) is 0.127. The van der Waals surface area contributed by atoms with Gasteiger partial charge in [-0.15, -0.1) is 0 Å². The third-order valence-electron chi connectivity index (χ3n) is 23.0. The molecule has 0 bridgehead atoms. The van der Waals surface area contributed by atoms with E-state index < -0.39 is 224 Å². The molecule has 10 rings (SSSR count). The summed E-state index contributed by atoms with van der Waals surface area (Å²) in [5.41, 5.74) is -3.11. The summed E-state index contributed by atoms with van der Waals surface area (Å²) in [5.74, 6) is -4.44. The molecule has 4 heterocycles. The minimum absolute atomic E-state index is 0.0567. The number of aliphatic hydroxyl groups excluding tert-OH is 11. The number of benzene rings is 1. The second kappa shape index (κ2) is 26.7. The van der Waals surface area contributed by atoms with E-state index in [2.05, 4.69) is 26.8 Å². The van der Waals surface area contributed by atoms with Crippen LogP contribution < -0.4 is 0 Å². The molecule has 5 aliphatic carbocycles.